The average molecular weight is 341 g/mol. The molecular weight excluding hydrogens is 322 g/mol. The van der Waals surface area contributed by atoms with E-state index in [0.29, 0.717) is 6.61 Å². The first kappa shape index (κ1) is 16.5. The van der Waals surface area contributed by atoms with E-state index in [0.717, 1.165) is 33.7 Å². The van der Waals surface area contributed by atoms with E-state index in [4.69, 9.17) is 9.47 Å². The number of hydrogen-bond acceptors (Lipinski definition) is 5. The van der Waals surface area contributed by atoms with E-state index in [-0.39, 0.29) is 0 Å². The normalized spacial score (nSPS) is 10.8. The van der Waals surface area contributed by atoms with Crippen molar-refractivity contribution in [2.24, 2.45) is 0 Å². The summed E-state index contributed by atoms with van der Waals surface area (Å²) in [6.45, 7) is 0.414. The van der Waals surface area contributed by atoms with Gasteiger partial charge in [-0.3, -0.25) is 4.57 Å². The molecule has 0 bridgehead atoms. The third-order valence-corrected chi connectivity index (χ3v) is 4.52. The van der Waals surface area contributed by atoms with Crippen molar-refractivity contribution >= 4 is 11.8 Å². The van der Waals surface area contributed by atoms with Gasteiger partial charge < -0.3 is 9.47 Å². The fraction of sp³-hybridized carbons (Fsp3) is 0.222. The summed E-state index contributed by atoms with van der Waals surface area (Å²) < 4.78 is 12.7. The monoisotopic (exact) mass is 341 g/mol. The predicted octanol–water partition coefficient (Wildman–Crippen LogP) is 3.71. The molecule has 2 aromatic carbocycles. The maximum atomic E-state index is 5.42. The van der Waals surface area contributed by atoms with Crippen LogP contribution in [0.3, 0.4) is 0 Å². The molecule has 0 N–H and O–H groups in total. The Labute approximate surface area is 145 Å². The number of benzene rings is 2. The molecule has 24 heavy (non-hydrogen) atoms. The van der Waals surface area contributed by atoms with Gasteiger partial charge in [-0.15, -0.1) is 10.2 Å². The second-order valence-corrected chi connectivity index (χ2v) is 6.05. The lowest BCUT2D eigenvalue weighted by atomic mass is 10.2. The third kappa shape index (κ3) is 3.60. The van der Waals surface area contributed by atoms with Gasteiger partial charge in [-0.05, 0) is 18.2 Å². The molecule has 6 heteroatoms. The minimum Gasteiger partial charge on any atom is -0.496 e. The van der Waals surface area contributed by atoms with Gasteiger partial charge in [0.2, 0.25) is 0 Å². The van der Waals surface area contributed by atoms with Gasteiger partial charge >= 0.3 is 0 Å². The molecule has 0 amide bonds. The molecule has 3 aromatic rings. The van der Waals surface area contributed by atoms with Gasteiger partial charge in [0.15, 0.2) is 11.0 Å². The minimum absolute atomic E-state index is 0.414. The number of aromatic nitrogens is 3. The van der Waals surface area contributed by atoms with Crippen molar-refractivity contribution < 1.29 is 9.47 Å². The number of methoxy groups -OCH3 is 2. The highest BCUT2D eigenvalue weighted by atomic mass is 32.2. The molecule has 5 nitrogen and oxygen atoms in total. The molecule has 0 aliphatic heterocycles. The summed E-state index contributed by atoms with van der Waals surface area (Å²) in [7, 11) is 3.35. The first-order valence-corrected chi connectivity index (χ1v) is 8.55. The van der Waals surface area contributed by atoms with Crippen LogP contribution < -0.4 is 4.74 Å². The van der Waals surface area contributed by atoms with Gasteiger partial charge in [-0.2, -0.15) is 0 Å². The van der Waals surface area contributed by atoms with Crippen LogP contribution in [-0.4, -0.2) is 29.0 Å². The molecule has 1 heterocycles. The first-order valence-electron chi connectivity index (χ1n) is 7.57. The molecule has 0 aliphatic carbocycles. The number of para-hydroxylation sites is 2. The Morgan fingerprint density at radius 3 is 2.46 bits per heavy atom. The van der Waals surface area contributed by atoms with Crippen molar-refractivity contribution in [3.05, 3.63) is 66.0 Å². The van der Waals surface area contributed by atoms with Crippen LogP contribution in [0.25, 0.3) is 5.69 Å². The summed E-state index contributed by atoms with van der Waals surface area (Å²) >= 11 is 1.63. The Morgan fingerprint density at radius 1 is 0.958 bits per heavy atom. The number of thioether (sulfide) groups is 1. The van der Waals surface area contributed by atoms with E-state index in [1.807, 2.05) is 53.1 Å². The highest BCUT2D eigenvalue weighted by Crippen LogP contribution is 2.29. The van der Waals surface area contributed by atoms with E-state index in [1.54, 1.807) is 26.0 Å². The van der Waals surface area contributed by atoms with E-state index in [9.17, 15) is 0 Å². The zero-order valence-corrected chi connectivity index (χ0v) is 14.5. The zero-order chi connectivity index (χ0) is 16.8. The molecule has 3 rings (SSSR count). The average Bonchev–Trinajstić information content (AvgIpc) is 3.04. The van der Waals surface area contributed by atoms with Crippen LogP contribution in [0.15, 0.2) is 59.8 Å². The smallest absolute Gasteiger partial charge is 0.196 e. The standard InChI is InChI=1S/C18H19N3O2S/c1-22-12-17-19-20-18(21(17)15-9-4-3-5-10-15)24-13-14-8-6-7-11-16(14)23-2/h3-11H,12-13H2,1-2H3. The fourth-order valence-corrected chi connectivity index (χ4v) is 3.38. The Balaban J connectivity index is 1.88. The van der Waals surface area contributed by atoms with Gasteiger partial charge in [0.05, 0.1) is 7.11 Å². The van der Waals surface area contributed by atoms with E-state index in [2.05, 4.69) is 16.3 Å². The van der Waals surface area contributed by atoms with E-state index in [1.165, 1.54) is 0 Å². The van der Waals surface area contributed by atoms with Crippen molar-refractivity contribution in [3.63, 3.8) is 0 Å². The molecule has 0 saturated carbocycles. The quantitative estimate of drug-likeness (QED) is 0.613. The van der Waals surface area contributed by atoms with Crippen LogP contribution in [0.5, 0.6) is 5.75 Å². The van der Waals surface area contributed by atoms with Crippen molar-refractivity contribution in [2.45, 2.75) is 17.5 Å². The van der Waals surface area contributed by atoms with Crippen molar-refractivity contribution in [2.75, 3.05) is 14.2 Å². The highest BCUT2D eigenvalue weighted by molar-refractivity contribution is 7.98. The van der Waals surface area contributed by atoms with Gasteiger partial charge in [0, 0.05) is 24.1 Å². The number of nitrogens with zero attached hydrogens (tertiary/aromatic N) is 3. The van der Waals surface area contributed by atoms with Crippen molar-refractivity contribution in [3.8, 4) is 11.4 Å². The van der Waals surface area contributed by atoms with Crippen LogP contribution in [-0.2, 0) is 17.1 Å². The topological polar surface area (TPSA) is 49.2 Å². The number of rotatable bonds is 7. The molecule has 0 unspecified atom stereocenters. The minimum atomic E-state index is 0.414. The Morgan fingerprint density at radius 2 is 1.71 bits per heavy atom. The zero-order valence-electron chi connectivity index (χ0n) is 13.7. The first-order chi connectivity index (χ1) is 11.8. The van der Waals surface area contributed by atoms with E-state index < -0.39 is 0 Å². The predicted molar refractivity (Wildman–Crippen MR) is 94.6 cm³/mol. The molecule has 0 atom stereocenters. The number of hydrogen-bond donors (Lipinski definition) is 0. The Hall–Kier alpha value is -2.31. The maximum absolute atomic E-state index is 5.42. The molecular formula is C18H19N3O2S. The van der Waals surface area contributed by atoms with Crippen LogP contribution >= 0.6 is 11.8 Å². The summed E-state index contributed by atoms with van der Waals surface area (Å²) in [6, 6.07) is 18.1. The lowest BCUT2D eigenvalue weighted by Gasteiger charge is -2.11. The molecule has 0 fully saturated rings. The van der Waals surface area contributed by atoms with Crippen LogP contribution in [0, 0.1) is 0 Å². The van der Waals surface area contributed by atoms with Crippen molar-refractivity contribution in [1.29, 1.82) is 0 Å². The number of ether oxygens (including phenoxy) is 2. The van der Waals surface area contributed by atoms with E-state index >= 15 is 0 Å². The Kier molecular flexibility index (Phi) is 5.51. The van der Waals surface area contributed by atoms with Crippen molar-refractivity contribution in [1.82, 2.24) is 14.8 Å². The summed E-state index contributed by atoms with van der Waals surface area (Å²) in [6.07, 6.45) is 0. The molecule has 0 saturated heterocycles. The molecule has 0 aliphatic rings. The molecule has 124 valence electrons. The second kappa shape index (κ2) is 7.99. The lowest BCUT2D eigenvalue weighted by molar-refractivity contribution is 0.176. The molecule has 0 spiro atoms. The molecule has 0 radical (unpaired) electrons. The Bertz CT molecular complexity index is 790. The van der Waals surface area contributed by atoms with Crippen LogP contribution in [0.4, 0.5) is 0 Å². The lowest BCUT2D eigenvalue weighted by Crippen LogP contribution is -2.03. The van der Waals surface area contributed by atoms with Gasteiger partial charge in [-0.1, -0.05) is 48.2 Å². The van der Waals surface area contributed by atoms with Gasteiger partial charge in [-0.25, -0.2) is 0 Å². The van der Waals surface area contributed by atoms with Crippen LogP contribution in [0.2, 0.25) is 0 Å². The SMILES string of the molecule is COCc1nnc(SCc2ccccc2OC)n1-c1ccccc1. The molecule has 1 aromatic heterocycles. The second-order valence-electron chi connectivity index (χ2n) is 5.10. The van der Waals surface area contributed by atoms with Gasteiger partial charge in [0.1, 0.15) is 12.4 Å². The largest absolute Gasteiger partial charge is 0.496 e. The summed E-state index contributed by atoms with van der Waals surface area (Å²) in [4.78, 5) is 0. The summed E-state index contributed by atoms with van der Waals surface area (Å²) in [5.74, 6) is 2.42. The third-order valence-electron chi connectivity index (χ3n) is 3.54. The summed E-state index contributed by atoms with van der Waals surface area (Å²) in [5, 5.41) is 9.44. The fourth-order valence-electron chi connectivity index (χ4n) is 2.42. The van der Waals surface area contributed by atoms with Crippen LogP contribution in [0.1, 0.15) is 11.4 Å². The highest BCUT2D eigenvalue weighted by Gasteiger charge is 2.15. The summed E-state index contributed by atoms with van der Waals surface area (Å²) in [5.41, 5.74) is 2.15. The maximum Gasteiger partial charge on any atom is 0.196 e. The van der Waals surface area contributed by atoms with Gasteiger partial charge in [0.25, 0.3) is 0 Å².